The molecule has 1 N–H and O–H groups in total. The van der Waals surface area contributed by atoms with Crippen molar-refractivity contribution in [3.05, 3.63) is 63.7 Å². The van der Waals surface area contributed by atoms with E-state index in [9.17, 15) is 4.79 Å². The van der Waals surface area contributed by atoms with Crippen LogP contribution in [0.4, 0.5) is 10.5 Å². The Kier molecular flexibility index (Phi) is 5.86. The lowest BCUT2D eigenvalue weighted by Crippen LogP contribution is -2.14. The minimum atomic E-state index is -0.403. The van der Waals surface area contributed by atoms with Crippen LogP contribution in [0.3, 0.4) is 0 Å². The number of amides is 1. The molecule has 1 amide bonds. The van der Waals surface area contributed by atoms with Crippen LogP contribution in [0.2, 0.25) is 0 Å². The number of nitrogens with one attached hydrogen (secondary N) is 1. The first-order valence-corrected chi connectivity index (χ1v) is 7.55. The summed E-state index contributed by atoms with van der Waals surface area (Å²) >= 11 is 2.22. The zero-order chi connectivity index (χ0) is 14.2. The SMILES string of the molecule is O=C(Nc1ccc(I)cc1)OCCCc1ccccc1. The number of aryl methyl sites for hydroxylation is 1. The number of ether oxygens (including phenoxy) is 1. The molecule has 2 aromatic carbocycles. The van der Waals surface area contributed by atoms with Crippen LogP contribution in [0.1, 0.15) is 12.0 Å². The summed E-state index contributed by atoms with van der Waals surface area (Å²) in [6, 6.07) is 17.8. The van der Waals surface area contributed by atoms with E-state index in [1.54, 1.807) is 0 Å². The third kappa shape index (κ3) is 5.21. The van der Waals surface area contributed by atoms with E-state index >= 15 is 0 Å². The van der Waals surface area contributed by atoms with Gasteiger partial charge in [-0.3, -0.25) is 5.32 Å². The Bertz CT molecular complexity index is 540. The molecule has 0 aliphatic rings. The molecule has 3 nitrogen and oxygen atoms in total. The topological polar surface area (TPSA) is 38.3 Å². The average molecular weight is 381 g/mol. The van der Waals surface area contributed by atoms with Gasteiger partial charge in [0.1, 0.15) is 0 Å². The fraction of sp³-hybridized carbons (Fsp3) is 0.188. The lowest BCUT2D eigenvalue weighted by atomic mass is 10.1. The zero-order valence-electron chi connectivity index (χ0n) is 11.0. The van der Waals surface area contributed by atoms with Crippen LogP contribution in [0.5, 0.6) is 0 Å². The number of benzene rings is 2. The standard InChI is InChI=1S/C16H16INO2/c17-14-8-10-15(11-9-14)18-16(19)20-12-4-7-13-5-2-1-3-6-13/h1-3,5-6,8-11H,4,7,12H2,(H,18,19). The summed E-state index contributed by atoms with van der Waals surface area (Å²) in [5, 5.41) is 2.70. The lowest BCUT2D eigenvalue weighted by Gasteiger charge is -2.07. The molecule has 0 radical (unpaired) electrons. The highest BCUT2D eigenvalue weighted by Gasteiger charge is 2.02. The van der Waals surface area contributed by atoms with Gasteiger partial charge >= 0.3 is 6.09 Å². The molecule has 0 aliphatic heterocycles. The summed E-state index contributed by atoms with van der Waals surface area (Å²) in [5.41, 5.74) is 2.01. The summed E-state index contributed by atoms with van der Waals surface area (Å²) < 4.78 is 6.28. The van der Waals surface area contributed by atoms with Crippen molar-refractivity contribution in [3.63, 3.8) is 0 Å². The van der Waals surface area contributed by atoms with Gasteiger partial charge < -0.3 is 4.74 Å². The molecule has 2 rings (SSSR count). The Morgan fingerprint density at radius 3 is 2.45 bits per heavy atom. The molecule has 20 heavy (non-hydrogen) atoms. The summed E-state index contributed by atoms with van der Waals surface area (Å²) in [4.78, 5) is 11.6. The van der Waals surface area contributed by atoms with E-state index in [1.165, 1.54) is 5.56 Å². The smallest absolute Gasteiger partial charge is 0.411 e. The van der Waals surface area contributed by atoms with E-state index in [-0.39, 0.29) is 0 Å². The number of hydrogen-bond acceptors (Lipinski definition) is 2. The number of rotatable bonds is 5. The largest absolute Gasteiger partial charge is 0.449 e. The molecule has 0 aromatic heterocycles. The second-order valence-corrected chi connectivity index (χ2v) is 5.60. The van der Waals surface area contributed by atoms with Crippen molar-refractivity contribution < 1.29 is 9.53 Å². The Morgan fingerprint density at radius 1 is 1.05 bits per heavy atom. The molecule has 2 aromatic rings. The van der Waals surface area contributed by atoms with Gasteiger partial charge in [-0.15, -0.1) is 0 Å². The van der Waals surface area contributed by atoms with E-state index < -0.39 is 6.09 Å². The monoisotopic (exact) mass is 381 g/mol. The lowest BCUT2D eigenvalue weighted by molar-refractivity contribution is 0.160. The Morgan fingerprint density at radius 2 is 1.75 bits per heavy atom. The number of carbonyl (C=O) groups excluding carboxylic acids is 1. The van der Waals surface area contributed by atoms with Gasteiger partial charge in [0.15, 0.2) is 0 Å². The quantitative estimate of drug-likeness (QED) is 0.613. The van der Waals surface area contributed by atoms with Crippen LogP contribution in [-0.2, 0) is 11.2 Å². The second-order valence-electron chi connectivity index (χ2n) is 4.36. The molecule has 0 fully saturated rings. The van der Waals surface area contributed by atoms with Crippen LogP contribution in [-0.4, -0.2) is 12.7 Å². The number of hydrogen-bond donors (Lipinski definition) is 1. The maximum absolute atomic E-state index is 11.6. The van der Waals surface area contributed by atoms with Gasteiger partial charge in [-0.05, 0) is 65.3 Å². The Hall–Kier alpha value is -1.56. The van der Waals surface area contributed by atoms with Gasteiger partial charge in [-0.1, -0.05) is 30.3 Å². The minimum Gasteiger partial charge on any atom is -0.449 e. The van der Waals surface area contributed by atoms with Gasteiger partial charge in [-0.2, -0.15) is 0 Å². The van der Waals surface area contributed by atoms with E-state index in [0.29, 0.717) is 6.61 Å². The van der Waals surface area contributed by atoms with Crippen molar-refractivity contribution in [2.75, 3.05) is 11.9 Å². The maximum Gasteiger partial charge on any atom is 0.411 e. The molecule has 0 aliphatic carbocycles. The molecule has 0 saturated heterocycles. The van der Waals surface area contributed by atoms with E-state index in [2.05, 4.69) is 40.0 Å². The van der Waals surface area contributed by atoms with E-state index in [0.717, 1.165) is 22.1 Å². The predicted molar refractivity (Wildman–Crippen MR) is 88.9 cm³/mol. The first-order valence-electron chi connectivity index (χ1n) is 6.47. The summed E-state index contributed by atoms with van der Waals surface area (Å²) in [6.07, 6.45) is 1.33. The molecule has 0 bridgehead atoms. The van der Waals surface area contributed by atoms with Crippen molar-refractivity contribution in [2.45, 2.75) is 12.8 Å². The van der Waals surface area contributed by atoms with Crippen molar-refractivity contribution >= 4 is 34.4 Å². The zero-order valence-corrected chi connectivity index (χ0v) is 13.2. The Labute approximate surface area is 132 Å². The molecule has 0 spiro atoms. The first kappa shape index (κ1) is 14.8. The molecule has 0 heterocycles. The fourth-order valence-electron chi connectivity index (χ4n) is 1.77. The van der Waals surface area contributed by atoms with E-state index in [4.69, 9.17) is 4.74 Å². The molecule has 4 heteroatoms. The number of carbonyl (C=O) groups is 1. The summed E-state index contributed by atoms with van der Waals surface area (Å²) in [5.74, 6) is 0. The van der Waals surface area contributed by atoms with Crippen molar-refractivity contribution in [3.8, 4) is 0 Å². The van der Waals surface area contributed by atoms with Crippen LogP contribution in [0.15, 0.2) is 54.6 Å². The van der Waals surface area contributed by atoms with Gasteiger partial charge in [0, 0.05) is 9.26 Å². The van der Waals surface area contributed by atoms with E-state index in [1.807, 2.05) is 42.5 Å². The second kappa shape index (κ2) is 7.89. The average Bonchev–Trinajstić information content (AvgIpc) is 2.47. The number of halogens is 1. The molecular weight excluding hydrogens is 365 g/mol. The van der Waals surface area contributed by atoms with Gasteiger partial charge in [-0.25, -0.2) is 4.79 Å². The molecule has 0 unspecified atom stereocenters. The third-order valence-corrected chi connectivity index (χ3v) is 3.50. The molecular formula is C16H16INO2. The van der Waals surface area contributed by atoms with Gasteiger partial charge in [0.25, 0.3) is 0 Å². The highest BCUT2D eigenvalue weighted by Crippen LogP contribution is 2.11. The molecule has 0 saturated carbocycles. The summed E-state index contributed by atoms with van der Waals surface area (Å²) in [7, 11) is 0. The van der Waals surface area contributed by atoms with Crippen LogP contribution in [0, 0.1) is 3.57 Å². The highest BCUT2D eigenvalue weighted by atomic mass is 127. The predicted octanol–water partition coefficient (Wildman–Crippen LogP) is 4.47. The van der Waals surface area contributed by atoms with Gasteiger partial charge in [0.05, 0.1) is 6.61 Å². The fourth-order valence-corrected chi connectivity index (χ4v) is 2.13. The van der Waals surface area contributed by atoms with Crippen molar-refractivity contribution in [2.24, 2.45) is 0 Å². The normalized spacial score (nSPS) is 10.1. The maximum atomic E-state index is 11.6. The van der Waals surface area contributed by atoms with Crippen LogP contribution < -0.4 is 5.32 Å². The van der Waals surface area contributed by atoms with Crippen molar-refractivity contribution in [1.82, 2.24) is 0 Å². The molecule has 104 valence electrons. The van der Waals surface area contributed by atoms with Crippen LogP contribution in [0.25, 0.3) is 0 Å². The molecule has 0 atom stereocenters. The summed E-state index contributed by atoms with van der Waals surface area (Å²) in [6.45, 7) is 0.422. The number of anilines is 1. The Balaban J connectivity index is 1.66. The third-order valence-electron chi connectivity index (χ3n) is 2.78. The van der Waals surface area contributed by atoms with Crippen LogP contribution >= 0.6 is 22.6 Å². The van der Waals surface area contributed by atoms with Crippen molar-refractivity contribution in [1.29, 1.82) is 0 Å². The highest BCUT2D eigenvalue weighted by molar-refractivity contribution is 14.1. The minimum absolute atomic E-state index is 0.403. The van der Waals surface area contributed by atoms with Gasteiger partial charge in [0.2, 0.25) is 0 Å². The first-order chi connectivity index (χ1) is 9.74.